The Kier molecular flexibility index (Phi) is 5.42. The molecule has 124 valence electrons. The van der Waals surface area contributed by atoms with Crippen LogP contribution in [0.5, 0.6) is 5.75 Å². The van der Waals surface area contributed by atoms with E-state index in [1.807, 2.05) is 0 Å². The topological polar surface area (TPSA) is 57.5 Å². The van der Waals surface area contributed by atoms with Crippen LogP contribution in [0.25, 0.3) is 10.8 Å². The van der Waals surface area contributed by atoms with Crippen LogP contribution in [0.2, 0.25) is 0 Å². The maximum Gasteiger partial charge on any atom is 0.328 e. The molecule has 1 aromatic carbocycles. The van der Waals surface area contributed by atoms with Crippen LogP contribution in [0.3, 0.4) is 0 Å². The van der Waals surface area contributed by atoms with Crippen molar-refractivity contribution in [2.45, 2.75) is 33.2 Å². The first-order valence-electron chi connectivity index (χ1n) is 7.79. The molecule has 0 saturated carbocycles. The van der Waals surface area contributed by atoms with Gasteiger partial charge in [0.2, 0.25) is 0 Å². The first-order chi connectivity index (χ1) is 10.9. The highest BCUT2D eigenvalue weighted by atomic mass is 16.5. The number of rotatable bonds is 6. The zero-order chi connectivity index (χ0) is 17.0. The number of hydrogen-bond acceptors (Lipinski definition) is 4. The molecule has 5 heteroatoms. The molecule has 2 rings (SSSR count). The van der Waals surface area contributed by atoms with Gasteiger partial charge in [-0.3, -0.25) is 4.79 Å². The van der Waals surface area contributed by atoms with Crippen molar-refractivity contribution >= 4 is 16.7 Å². The van der Waals surface area contributed by atoms with Gasteiger partial charge in [-0.1, -0.05) is 13.8 Å². The predicted molar refractivity (Wildman–Crippen MR) is 89.9 cm³/mol. The van der Waals surface area contributed by atoms with Gasteiger partial charge in [-0.2, -0.15) is 0 Å². The number of pyridine rings is 1. The molecule has 0 saturated heterocycles. The van der Waals surface area contributed by atoms with Gasteiger partial charge in [0.05, 0.1) is 13.7 Å². The van der Waals surface area contributed by atoms with Crippen LogP contribution < -0.4 is 10.3 Å². The minimum Gasteiger partial charge on any atom is -0.497 e. The van der Waals surface area contributed by atoms with Gasteiger partial charge in [-0.15, -0.1) is 0 Å². The van der Waals surface area contributed by atoms with E-state index in [4.69, 9.17) is 9.47 Å². The number of benzene rings is 1. The summed E-state index contributed by atoms with van der Waals surface area (Å²) in [5, 5.41) is 1.33. The molecule has 0 fully saturated rings. The lowest BCUT2D eigenvalue weighted by Gasteiger charge is -2.15. The van der Waals surface area contributed by atoms with E-state index in [-0.39, 0.29) is 11.5 Å². The first-order valence-corrected chi connectivity index (χ1v) is 7.79. The van der Waals surface area contributed by atoms with Crippen LogP contribution in [0.1, 0.15) is 33.2 Å². The quantitative estimate of drug-likeness (QED) is 0.768. The van der Waals surface area contributed by atoms with Gasteiger partial charge in [0.1, 0.15) is 11.8 Å². The molecule has 5 nitrogen and oxygen atoms in total. The largest absolute Gasteiger partial charge is 0.497 e. The number of methoxy groups -OCH3 is 1. The van der Waals surface area contributed by atoms with Crippen molar-refractivity contribution in [3.05, 3.63) is 40.8 Å². The summed E-state index contributed by atoms with van der Waals surface area (Å²) in [4.78, 5) is 24.7. The fourth-order valence-electron chi connectivity index (χ4n) is 2.30. The Labute approximate surface area is 135 Å². The minimum atomic E-state index is -0.652. The number of fused-ring (bicyclic) bond motifs is 1. The molecule has 23 heavy (non-hydrogen) atoms. The molecular weight excluding hydrogens is 294 g/mol. The van der Waals surface area contributed by atoms with Crippen molar-refractivity contribution in [3.8, 4) is 5.75 Å². The summed E-state index contributed by atoms with van der Waals surface area (Å²) in [5.74, 6) is 0.771. The molecule has 0 spiro atoms. The second kappa shape index (κ2) is 7.31. The summed E-state index contributed by atoms with van der Waals surface area (Å²) >= 11 is 0. The summed E-state index contributed by atoms with van der Waals surface area (Å²) in [6.45, 7) is 6.19. The normalized spacial score (nSPS) is 12.4. The molecule has 1 unspecified atom stereocenters. The van der Waals surface area contributed by atoms with Gasteiger partial charge in [-0.25, -0.2) is 4.79 Å². The molecule has 1 heterocycles. The van der Waals surface area contributed by atoms with Crippen molar-refractivity contribution in [2.24, 2.45) is 5.92 Å². The average Bonchev–Trinajstić information content (AvgIpc) is 2.53. The van der Waals surface area contributed by atoms with Gasteiger partial charge >= 0.3 is 5.97 Å². The van der Waals surface area contributed by atoms with E-state index < -0.39 is 6.04 Å². The second-order valence-corrected chi connectivity index (χ2v) is 6.01. The Morgan fingerprint density at radius 2 is 1.96 bits per heavy atom. The van der Waals surface area contributed by atoms with E-state index in [2.05, 4.69) is 13.8 Å². The van der Waals surface area contributed by atoms with Crippen molar-refractivity contribution in [1.82, 2.24) is 4.57 Å². The highest BCUT2D eigenvalue weighted by molar-refractivity contribution is 5.83. The molecule has 1 aromatic heterocycles. The maximum absolute atomic E-state index is 12.6. The molecule has 0 N–H and O–H groups in total. The Morgan fingerprint density at radius 3 is 2.61 bits per heavy atom. The summed E-state index contributed by atoms with van der Waals surface area (Å²) in [6.07, 6.45) is 2.43. The zero-order valence-corrected chi connectivity index (χ0v) is 14.0. The lowest BCUT2D eigenvalue weighted by Crippen LogP contribution is -2.29. The third kappa shape index (κ3) is 3.92. The summed E-state index contributed by atoms with van der Waals surface area (Å²) in [6, 6.07) is 6.40. The van der Waals surface area contributed by atoms with Crippen LogP contribution in [-0.2, 0) is 9.53 Å². The predicted octanol–water partition coefficient (Wildman–Crippen LogP) is 3.16. The number of carbonyl (C=O) groups is 1. The number of hydrogen-bond donors (Lipinski definition) is 0. The third-order valence-corrected chi connectivity index (χ3v) is 3.84. The molecule has 0 bridgehead atoms. The van der Waals surface area contributed by atoms with E-state index in [1.165, 1.54) is 4.57 Å². The average molecular weight is 317 g/mol. The minimum absolute atomic E-state index is 0.210. The molecule has 1 atom stereocenters. The fourth-order valence-corrected chi connectivity index (χ4v) is 2.30. The summed E-state index contributed by atoms with van der Waals surface area (Å²) in [5.41, 5.74) is -0.210. The molecular formula is C18H23NO4. The highest BCUT2D eigenvalue weighted by Crippen LogP contribution is 2.19. The van der Waals surface area contributed by atoms with Gasteiger partial charge in [0, 0.05) is 11.6 Å². The monoisotopic (exact) mass is 317 g/mol. The third-order valence-electron chi connectivity index (χ3n) is 3.84. The van der Waals surface area contributed by atoms with Crippen LogP contribution in [0.4, 0.5) is 0 Å². The Morgan fingerprint density at radius 1 is 1.22 bits per heavy atom. The van der Waals surface area contributed by atoms with Crippen molar-refractivity contribution < 1.29 is 14.3 Å². The van der Waals surface area contributed by atoms with Crippen molar-refractivity contribution in [1.29, 1.82) is 0 Å². The molecule has 0 aliphatic heterocycles. The number of aromatic nitrogens is 1. The Hall–Kier alpha value is -2.30. The van der Waals surface area contributed by atoms with Gasteiger partial charge < -0.3 is 14.0 Å². The zero-order valence-electron chi connectivity index (χ0n) is 14.0. The lowest BCUT2D eigenvalue weighted by molar-refractivity contribution is -0.147. The van der Waals surface area contributed by atoms with Crippen LogP contribution in [0.15, 0.2) is 35.3 Å². The van der Waals surface area contributed by atoms with Crippen LogP contribution in [-0.4, -0.2) is 24.3 Å². The summed E-state index contributed by atoms with van der Waals surface area (Å²) < 4.78 is 11.8. The molecule has 0 radical (unpaired) electrons. The van der Waals surface area contributed by atoms with Crippen molar-refractivity contribution in [2.75, 3.05) is 13.7 Å². The summed E-state index contributed by atoms with van der Waals surface area (Å²) in [7, 11) is 1.58. The fraction of sp³-hybridized carbons (Fsp3) is 0.444. The molecule has 0 amide bonds. The van der Waals surface area contributed by atoms with E-state index in [9.17, 15) is 9.59 Å². The van der Waals surface area contributed by atoms with Crippen molar-refractivity contribution in [3.63, 3.8) is 0 Å². The highest BCUT2D eigenvalue weighted by Gasteiger charge is 2.18. The van der Waals surface area contributed by atoms with E-state index in [0.717, 1.165) is 11.8 Å². The van der Waals surface area contributed by atoms with Crippen LogP contribution in [0, 0.1) is 5.92 Å². The Balaban J connectivity index is 2.24. The lowest BCUT2D eigenvalue weighted by atomic mass is 10.1. The maximum atomic E-state index is 12.6. The van der Waals surface area contributed by atoms with Gasteiger partial charge in [0.25, 0.3) is 5.56 Å². The van der Waals surface area contributed by atoms with E-state index in [1.54, 1.807) is 44.5 Å². The molecule has 0 aliphatic rings. The van der Waals surface area contributed by atoms with Crippen LogP contribution >= 0.6 is 0 Å². The molecule has 0 aliphatic carbocycles. The first kappa shape index (κ1) is 17.1. The number of esters is 1. The number of carbonyl (C=O) groups excluding carboxylic acids is 1. The Bertz CT molecular complexity index is 748. The van der Waals surface area contributed by atoms with Gasteiger partial charge in [0.15, 0.2) is 0 Å². The second-order valence-electron chi connectivity index (χ2n) is 6.01. The number of ether oxygens (including phenoxy) is 2. The smallest absolute Gasteiger partial charge is 0.328 e. The SMILES string of the molecule is COc1ccc2c(=O)n(C(C)C(=O)OCCC(C)C)ccc2c1. The standard InChI is InChI=1S/C18H23NO4/c1-12(2)8-10-23-18(21)13(3)19-9-7-14-11-15(22-4)5-6-16(14)17(19)20/h5-7,9,11-13H,8,10H2,1-4H3. The van der Waals surface area contributed by atoms with E-state index in [0.29, 0.717) is 23.7 Å². The number of nitrogens with zero attached hydrogens (tertiary/aromatic N) is 1. The van der Waals surface area contributed by atoms with E-state index >= 15 is 0 Å². The van der Waals surface area contributed by atoms with Gasteiger partial charge in [-0.05, 0) is 48.9 Å². The molecule has 2 aromatic rings.